The second kappa shape index (κ2) is 3.73. The summed E-state index contributed by atoms with van der Waals surface area (Å²) in [6, 6.07) is 0.463. The first-order chi connectivity index (χ1) is 5.70. The molecule has 0 aromatic rings. The smallest absolute Gasteiger partial charge is 0.0670 e. The number of hydrogen-bond acceptors (Lipinski definition) is 3. The number of piperidine rings is 1. The fraction of sp³-hybridized carbons (Fsp3) is 1.00. The van der Waals surface area contributed by atoms with Gasteiger partial charge in [-0.1, -0.05) is 0 Å². The summed E-state index contributed by atoms with van der Waals surface area (Å²) in [6.45, 7) is 3.11. The van der Waals surface area contributed by atoms with Gasteiger partial charge in [0.25, 0.3) is 0 Å². The molecule has 0 spiro atoms. The van der Waals surface area contributed by atoms with Crippen LogP contribution in [-0.2, 0) is 0 Å². The Morgan fingerprint density at radius 2 is 2.08 bits per heavy atom. The summed E-state index contributed by atoms with van der Waals surface area (Å²) in [5.41, 5.74) is 4.50. The molecule has 1 aliphatic heterocycles. The van der Waals surface area contributed by atoms with Gasteiger partial charge in [-0.05, 0) is 39.3 Å². The molecule has 72 valence electrons. The molecule has 1 heterocycles. The number of aliphatic hydroxyl groups excluding tert-OH is 1. The molecule has 3 nitrogen and oxygen atoms in total. The van der Waals surface area contributed by atoms with Gasteiger partial charge in [-0.15, -0.1) is 0 Å². The van der Waals surface area contributed by atoms with Crippen molar-refractivity contribution in [3.8, 4) is 0 Å². The number of nitrogens with zero attached hydrogens (tertiary/aromatic N) is 1. The third-order valence-corrected chi connectivity index (χ3v) is 2.94. The molecule has 2 fully saturated rings. The highest BCUT2D eigenvalue weighted by Gasteiger charge is 2.52. The number of rotatable bonds is 1. The topological polar surface area (TPSA) is 49.5 Å². The maximum absolute atomic E-state index is 9.38. The van der Waals surface area contributed by atoms with Crippen LogP contribution in [-0.4, -0.2) is 42.8 Å². The fourth-order valence-electron chi connectivity index (χ4n) is 2.44. The van der Waals surface area contributed by atoms with Gasteiger partial charge in [-0.3, -0.25) is 0 Å². The van der Waals surface area contributed by atoms with E-state index in [-0.39, 0.29) is 6.10 Å². The highest BCUT2D eigenvalue weighted by atomic mass is 16.3. The number of likely N-dealkylation sites (N-methyl/N-ethyl adjacent to an activating group) is 1. The van der Waals surface area contributed by atoms with Crippen LogP contribution >= 0.6 is 0 Å². The van der Waals surface area contributed by atoms with E-state index in [1.165, 1.54) is 20.0 Å². The van der Waals surface area contributed by atoms with Crippen molar-refractivity contribution in [2.75, 3.05) is 20.6 Å². The average Bonchev–Trinajstić information content (AvgIpc) is 2.66. The van der Waals surface area contributed by atoms with Gasteiger partial charge in [0.2, 0.25) is 0 Å². The van der Waals surface area contributed by atoms with Crippen LogP contribution in [0.25, 0.3) is 0 Å². The van der Waals surface area contributed by atoms with E-state index < -0.39 is 0 Å². The van der Waals surface area contributed by atoms with Crippen LogP contribution in [0.2, 0.25) is 0 Å². The zero-order valence-corrected chi connectivity index (χ0v) is 8.20. The Bertz CT molecular complexity index is 147. The summed E-state index contributed by atoms with van der Waals surface area (Å²) in [4.78, 5) is 2.30. The monoisotopic (exact) mass is 172 g/mol. The van der Waals surface area contributed by atoms with Crippen LogP contribution in [0.1, 0.15) is 13.3 Å². The molecular weight excluding hydrogens is 152 g/mol. The summed E-state index contributed by atoms with van der Waals surface area (Å²) in [5, 5.41) is 9.38. The van der Waals surface area contributed by atoms with E-state index in [4.69, 9.17) is 0 Å². The summed E-state index contributed by atoms with van der Waals surface area (Å²) < 4.78 is 0. The van der Waals surface area contributed by atoms with E-state index in [1.54, 1.807) is 0 Å². The molecule has 0 aromatic carbocycles. The minimum atomic E-state index is -0.137. The summed E-state index contributed by atoms with van der Waals surface area (Å²) >= 11 is 0. The van der Waals surface area contributed by atoms with Gasteiger partial charge >= 0.3 is 0 Å². The zero-order valence-electron chi connectivity index (χ0n) is 8.20. The van der Waals surface area contributed by atoms with Crippen LogP contribution in [0, 0.1) is 11.8 Å². The zero-order chi connectivity index (χ0) is 9.30. The Hall–Kier alpha value is -0.120. The van der Waals surface area contributed by atoms with Crippen LogP contribution in [0.3, 0.4) is 0 Å². The SMILES string of the molecule is CC(O)C1C2CC2CN1C.CN. The van der Waals surface area contributed by atoms with Crippen molar-refractivity contribution < 1.29 is 5.11 Å². The van der Waals surface area contributed by atoms with Crippen molar-refractivity contribution in [2.24, 2.45) is 17.6 Å². The van der Waals surface area contributed by atoms with Crippen LogP contribution in [0.5, 0.6) is 0 Å². The molecule has 0 amide bonds. The Kier molecular flexibility index (Phi) is 3.09. The van der Waals surface area contributed by atoms with Gasteiger partial charge in [0, 0.05) is 12.6 Å². The lowest BCUT2D eigenvalue weighted by molar-refractivity contribution is 0.0848. The van der Waals surface area contributed by atoms with Crippen molar-refractivity contribution in [3.63, 3.8) is 0 Å². The van der Waals surface area contributed by atoms with Gasteiger partial charge in [0.1, 0.15) is 0 Å². The van der Waals surface area contributed by atoms with Crippen LogP contribution < -0.4 is 5.73 Å². The first-order valence-corrected chi connectivity index (χ1v) is 4.66. The maximum Gasteiger partial charge on any atom is 0.0670 e. The number of hydrogen-bond donors (Lipinski definition) is 2. The highest BCUT2D eigenvalue weighted by molar-refractivity contribution is 5.04. The lowest BCUT2D eigenvalue weighted by Gasteiger charge is -2.24. The van der Waals surface area contributed by atoms with Gasteiger partial charge in [0.15, 0.2) is 0 Å². The molecule has 4 unspecified atom stereocenters. The van der Waals surface area contributed by atoms with Crippen molar-refractivity contribution in [3.05, 3.63) is 0 Å². The first-order valence-electron chi connectivity index (χ1n) is 4.66. The molecule has 0 bridgehead atoms. The van der Waals surface area contributed by atoms with Crippen molar-refractivity contribution in [2.45, 2.75) is 25.5 Å². The summed E-state index contributed by atoms with van der Waals surface area (Å²) in [5.74, 6) is 1.74. The summed E-state index contributed by atoms with van der Waals surface area (Å²) in [6.07, 6.45) is 1.22. The van der Waals surface area contributed by atoms with Gasteiger partial charge in [0.05, 0.1) is 6.10 Å². The molecule has 3 N–H and O–H groups in total. The molecule has 0 aromatic heterocycles. The molecular formula is C9H20N2O. The van der Waals surface area contributed by atoms with Gasteiger partial charge in [-0.2, -0.15) is 0 Å². The highest BCUT2D eigenvalue weighted by Crippen LogP contribution is 2.49. The van der Waals surface area contributed by atoms with Crippen LogP contribution in [0.15, 0.2) is 0 Å². The van der Waals surface area contributed by atoms with Crippen LogP contribution in [0.4, 0.5) is 0 Å². The predicted octanol–water partition coefficient (Wildman–Crippen LogP) is -0.108. The number of likely N-dealkylation sites (tertiary alicyclic amines) is 1. The van der Waals surface area contributed by atoms with E-state index in [9.17, 15) is 5.11 Å². The number of nitrogens with two attached hydrogens (primary N) is 1. The maximum atomic E-state index is 9.38. The lowest BCUT2D eigenvalue weighted by atomic mass is 10.1. The van der Waals surface area contributed by atoms with E-state index in [2.05, 4.69) is 17.7 Å². The molecule has 2 rings (SSSR count). The lowest BCUT2D eigenvalue weighted by Crippen LogP contribution is -2.37. The van der Waals surface area contributed by atoms with Gasteiger partial charge in [-0.25, -0.2) is 0 Å². The van der Waals surface area contributed by atoms with Gasteiger partial charge < -0.3 is 15.7 Å². The second-order valence-electron chi connectivity index (χ2n) is 3.83. The minimum Gasteiger partial charge on any atom is -0.392 e. The van der Waals surface area contributed by atoms with E-state index in [0.717, 1.165) is 11.8 Å². The first kappa shape index (κ1) is 9.96. The molecule has 1 saturated carbocycles. The third-order valence-electron chi connectivity index (χ3n) is 2.94. The molecule has 0 radical (unpaired) electrons. The number of fused-ring (bicyclic) bond motifs is 1. The quantitative estimate of drug-likeness (QED) is 0.580. The Morgan fingerprint density at radius 1 is 1.50 bits per heavy atom. The molecule has 4 atom stereocenters. The molecule has 12 heavy (non-hydrogen) atoms. The van der Waals surface area contributed by atoms with E-state index in [1.807, 2.05) is 6.92 Å². The Labute approximate surface area is 74.5 Å². The van der Waals surface area contributed by atoms with E-state index in [0.29, 0.717) is 6.04 Å². The molecule has 1 aliphatic carbocycles. The van der Waals surface area contributed by atoms with Crippen molar-refractivity contribution in [1.82, 2.24) is 4.90 Å². The third kappa shape index (κ3) is 1.63. The largest absolute Gasteiger partial charge is 0.392 e. The average molecular weight is 172 g/mol. The number of aliphatic hydroxyl groups is 1. The normalized spacial score (nSPS) is 41.2. The molecule has 3 heteroatoms. The fourth-order valence-corrected chi connectivity index (χ4v) is 2.44. The van der Waals surface area contributed by atoms with Crippen molar-refractivity contribution in [1.29, 1.82) is 0 Å². The summed E-state index contributed by atoms with van der Waals surface area (Å²) in [7, 11) is 3.61. The van der Waals surface area contributed by atoms with Crippen molar-refractivity contribution >= 4 is 0 Å². The molecule has 2 aliphatic rings. The second-order valence-corrected chi connectivity index (χ2v) is 3.83. The molecule has 1 saturated heterocycles. The standard InChI is InChI=1S/C8H15NO.CH5N/c1-5(10)8-7-3-6(7)4-9(8)2;1-2/h5-8,10H,3-4H2,1-2H3;2H2,1H3. The Morgan fingerprint density at radius 3 is 2.33 bits per heavy atom. The predicted molar refractivity (Wildman–Crippen MR) is 49.8 cm³/mol. The Balaban J connectivity index is 0.000000336. The minimum absolute atomic E-state index is 0.137. The van der Waals surface area contributed by atoms with E-state index >= 15 is 0 Å².